The minimum atomic E-state index is -0.149. The molecule has 2 nitrogen and oxygen atoms in total. The second kappa shape index (κ2) is 5.00. The molecule has 0 saturated carbocycles. The van der Waals surface area contributed by atoms with E-state index in [1.54, 1.807) is 0 Å². The molecule has 88 valence electrons. The standard InChI is InChI=1S/C15H16O2/c1-3-11-7-8-14-12(9-11)5-4-6-13(14)10-15(16)17-2/h3-5,7-9,13H,1,6,10H2,2H3. The molecule has 2 heteroatoms. The molecule has 0 heterocycles. The topological polar surface area (TPSA) is 26.3 Å². The van der Waals surface area contributed by atoms with Crippen LogP contribution in [-0.2, 0) is 9.53 Å². The third-order valence-electron chi connectivity index (χ3n) is 3.15. The van der Waals surface area contributed by atoms with E-state index < -0.39 is 0 Å². The number of hydrogen-bond donors (Lipinski definition) is 0. The Labute approximate surface area is 102 Å². The second-order valence-electron chi connectivity index (χ2n) is 4.21. The van der Waals surface area contributed by atoms with E-state index in [1.807, 2.05) is 12.1 Å². The number of carbonyl (C=O) groups is 1. The largest absolute Gasteiger partial charge is 0.469 e. The van der Waals surface area contributed by atoms with Crippen LogP contribution < -0.4 is 0 Å². The fourth-order valence-corrected chi connectivity index (χ4v) is 2.20. The van der Waals surface area contributed by atoms with Gasteiger partial charge in [0, 0.05) is 0 Å². The van der Waals surface area contributed by atoms with Gasteiger partial charge >= 0.3 is 5.97 Å². The summed E-state index contributed by atoms with van der Waals surface area (Å²) in [6.45, 7) is 3.76. The zero-order valence-corrected chi connectivity index (χ0v) is 9.98. The van der Waals surface area contributed by atoms with Crippen LogP contribution in [0.1, 0.15) is 35.4 Å². The van der Waals surface area contributed by atoms with E-state index in [1.165, 1.54) is 18.2 Å². The summed E-state index contributed by atoms with van der Waals surface area (Å²) in [4.78, 5) is 11.4. The van der Waals surface area contributed by atoms with Gasteiger partial charge in [0.15, 0.2) is 0 Å². The summed E-state index contributed by atoms with van der Waals surface area (Å²) in [6.07, 6.45) is 7.40. The zero-order valence-electron chi connectivity index (χ0n) is 9.98. The summed E-state index contributed by atoms with van der Waals surface area (Å²) in [5.41, 5.74) is 3.51. The maximum Gasteiger partial charge on any atom is 0.306 e. The predicted octanol–water partition coefficient (Wildman–Crippen LogP) is 3.39. The first-order valence-electron chi connectivity index (χ1n) is 5.74. The molecule has 0 N–H and O–H groups in total. The molecule has 0 fully saturated rings. The molecule has 0 aliphatic heterocycles. The number of rotatable bonds is 3. The van der Waals surface area contributed by atoms with Gasteiger partial charge in [0.25, 0.3) is 0 Å². The van der Waals surface area contributed by atoms with Crippen molar-refractivity contribution >= 4 is 18.1 Å². The van der Waals surface area contributed by atoms with Crippen LogP contribution in [-0.4, -0.2) is 13.1 Å². The van der Waals surface area contributed by atoms with Gasteiger partial charge in [0.2, 0.25) is 0 Å². The van der Waals surface area contributed by atoms with Crippen molar-refractivity contribution in [2.24, 2.45) is 0 Å². The van der Waals surface area contributed by atoms with Crippen molar-refractivity contribution in [1.29, 1.82) is 0 Å². The average molecular weight is 228 g/mol. The van der Waals surface area contributed by atoms with Gasteiger partial charge in [0.1, 0.15) is 0 Å². The summed E-state index contributed by atoms with van der Waals surface area (Å²) in [7, 11) is 1.43. The molecule has 1 atom stereocenters. The smallest absolute Gasteiger partial charge is 0.306 e. The number of esters is 1. The Morgan fingerprint density at radius 2 is 2.41 bits per heavy atom. The first-order chi connectivity index (χ1) is 8.24. The van der Waals surface area contributed by atoms with Crippen LogP contribution in [0.5, 0.6) is 0 Å². The molecule has 0 spiro atoms. The van der Waals surface area contributed by atoms with Crippen molar-refractivity contribution in [3.63, 3.8) is 0 Å². The first-order valence-corrected chi connectivity index (χ1v) is 5.74. The second-order valence-corrected chi connectivity index (χ2v) is 4.21. The van der Waals surface area contributed by atoms with Gasteiger partial charge in [0.05, 0.1) is 13.5 Å². The Morgan fingerprint density at radius 1 is 1.59 bits per heavy atom. The number of carbonyl (C=O) groups excluding carboxylic acids is 1. The number of benzene rings is 1. The van der Waals surface area contributed by atoms with E-state index in [4.69, 9.17) is 4.74 Å². The fraction of sp³-hybridized carbons (Fsp3) is 0.267. The Hall–Kier alpha value is -1.83. The summed E-state index contributed by atoms with van der Waals surface area (Å²) >= 11 is 0. The minimum Gasteiger partial charge on any atom is -0.469 e. The highest BCUT2D eigenvalue weighted by Crippen LogP contribution is 2.33. The quantitative estimate of drug-likeness (QED) is 0.741. The van der Waals surface area contributed by atoms with E-state index in [-0.39, 0.29) is 11.9 Å². The van der Waals surface area contributed by atoms with Gasteiger partial charge in [-0.2, -0.15) is 0 Å². The summed E-state index contributed by atoms with van der Waals surface area (Å²) < 4.78 is 4.73. The zero-order chi connectivity index (χ0) is 12.3. The Morgan fingerprint density at radius 3 is 3.12 bits per heavy atom. The van der Waals surface area contributed by atoms with Gasteiger partial charge in [-0.3, -0.25) is 4.79 Å². The van der Waals surface area contributed by atoms with Crippen LogP contribution in [0.25, 0.3) is 12.2 Å². The number of fused-ring (bicyclic) bond motifs is 1. The van der Waals surface area contributed by atoms with Crippen LogP contribution in [0.4, 0.5) is 0 Å². The maximum absolute atomic E-state index is 11.4. The summed E-state index contributed by atoms with van der Waals surface area (Å²) in [5, 5.41) is 0. The van der Waals surface area contributed by atoms with E-state index in [0.717, 1.165) is 12.0 Å². The number of allylic oxidation sites excluding steroid dienone is 1. The molecule has 0 aromatic heterocycles. The van der Waals surface area contributed by atoms with Crippen LogP contribution in [0.3, 0.4) is 0 Å². The molecule has 17 heavy (non-hydrogen) atoms. The van der Waals surface area contributed by atoms with Crippen molar-refractivity contribution in [2.45, 2.75) is 18.8 Å². The van der Waals surface area contributed by atoms with Crippen molar-refractivity contribution in [3.8, 4) is 0 Å². The molecule has 0 bridgehead atoms. The predicted molar refractivity (Wildman–Crippen MR) is 69.6 cm³/mol. The lowest BCUT2D eigenvalue weighted by atomic mass is 9.84. The van der Waals surface area contributed by atoms with Gasteiger partial charge in [-0.1, -0.05) is 36.9 Å². The SMILES string of the molecule is C=Cc1ccc2c(c1)C=CCC2CC(=O)OC. The molecule has 0 amide bonds. The molecular weight excluding hydrogens is 212 g/mol. The normalized spacial score (nSPS) is 17.4. The highest BCUT2D eigenvalue weighted by Gasteiger charge is 2.20. The highest BCUT2D eigenvalue weighted by atomic mass is 16.5. The van der Waals surface area contributed by atoms with Crippen molar-refractivity contribution in [3.05, 3.63) is 47.5 Å². The van der Waals surface area contributed by atoms with E-state index in [0.29, 0.717) is 6.42 Å². The Kier molecular flexibility index (Phi) is 3.43. The fourth-order valence-electron chi connectivity index (χ4n) is 2.20. The summed E-state index contributed by atoms with van der Waals surface area (Å²) in [5.74, 6) is 0.0883. The number of methoxy groups -OCH3 is 1. The minimum absolute atomic E-state index is 0.149. The van der Waals surface area contributed by atoms with Crippen LogP contribution in [0.2, 0.25) is 0 Å². The van der Waals surface area contributed by atoms with E-state index in [9.17, 15) is 4.79 Å². The molecular formula is C15H16O2. The lowest BCUT2D eigenvalue weighted by Gasteiger charge is -2.21. The van der Waals surface area contributed by atoms with Gasteiger partial charge in [-0.25, -0.2) is 0 Å². The lowest BCUT2D eigenvalue weighted by molar-refractivity contribution is -0.141. The Balaban J connectivity index is 2.29. The Bertz CT molecular complexity index is 472. The van der Waals surface area contributed by atoms with E-state index >= 15 is 0 Å². The van der Waals surface area contributed by atoms with Gasteiger partial charge in [-0.15, -0.1) is 0 Å². The molecule has 1 aliphatic carbocycles. The van der Waals surface area contributed by atoms with Crippen molar-refractivity contribution in [1.82, 2.24) is 0 Å². The molecule has 0 saturated heterocycles. The summed E-state index contributed by atoms with van der Waals surface area (Å²) in [6, 6.07) is 6.22. The number of hydrogen-bond acceptors (Lipinski definition) is 2. The van der Waals surface area contributed by atoms with Gasteiger partial charge in [-0.05, 0) is 35.1 Å². The molecule has 0 radical (unpaired) electrons. The molecule has 1 aromatic carbocycles. The monoisotopic (exact) mass is 228 g/mol. The van der Waals surface area contributed by atoms with Crippen molar-refractivity contribution < 1.29 is 9.53 Å². The van der Waals surface area contributed by atoms with Crippen LogP contribution in [0.15, 0.2) is 30.9 Å². The van der Waals surface area contributed by atoms with Crippen LogP contribution in [0, 0.1) is 0 Å². The molecule has 2 rings (SSSR count). The van der Waals surface area contributed by atoms with E-state index in [2.05, 4.69) is 30.9 Å². The molecule has 1 aliphatic rings. The number of ether oxygens (including phenoxy) is 1. The molecule has 1 unspecified atom stereocenters. The third kappa shape index (κ3) is 2.47. The van der Waals surface area contributed by atoms with Crippen LogP contribution >= 0.6 is 0 Å². The van der Waals surface area contributed by atoms with Gasteiger partial charge < -0.3 is 4.74 Å². The molecule has 1 aromatic rings. The highest BCUT2D eigenvalue weighted by molar-refractivity contribution is 5.72. The maximum atomic E-state index is 11.4. The third-order valence-corrected chi connectivity index (χ3v) is 3.15. The lowest BCUT2D eigenvalue weighted by Crippen LogP contribution is -2.11. The first kappa shape index (κ1) is 11.6. The van der Waals surface area contributed by atoms with Crippen molar-refractivity contribution in [2.75, 3.05) is 7.11 Å². The average Bonchev–Trinajstić information content (AvgIpc) is 2.38.